The average Bonchev–Trinajstić information content (AvgIpc) is 2.76. The van der Waals surface area contributed by atoms with Gasteiger partial charge in [0.1, 0.15) is 45.4 Å². The van der Waals surface area contributed by atoms with Crippen LogP contribution in [0.1, 0.15) is 32.6 Å². The normalized spacial score (nSPS) is 10.6. The van der Waals surface area contributed by atoms with Crippen molar-refractivity contribution >= 4 is 21.9 Å². The van der Waals surface area contributed by atoms with Crippen LogP contribution < -0.4 is 14.2 Å². The largest absolute Gasteiger partial charge is 0.506 e. The van der Waals surface area contributed by atoms with Crippen LogP contribution in [0.15, 0.2) is 46.9 Å². The van der Waals surface area contributed by atoms with E-state index in [1.54, 1.807) is 33.1 Å². The maximum absolute atomic E-state index is 11.5. The smallest absolute Gasteiger partial charge is 0.339 e. The molecule has 3 aromatic carbocycles. The van der Waals surface area contributed by atoms with Gasteiger partial charge in [-0.25, -0.2) is 4.79 Å². The number of aromatic hydroxyl groups is 1. The Balaban J connectivity index is 2.00. The number of hydrogen-bond donors (Lipinski definition) is 2. The van der Waals surface area contributed by atoms with Crippen molar-refractivity contribution in [2.24, 2.45) is 0 Å². The van der Waals surface area contributed by atoms with Gasteiger partial charge < -0.3 is 24.4 Å². The molecule has 31 heavy (non-hydrogen) atoms. The number of rotatable bonds is 7. The van der Waals surface area contributed by atoms with E-state index in [2.05, 4.69) is 15.9 Å². The Kier molecular flexibility index (Phi) is 6.75. The third kappa shape index (κ3) is 4.61. The Bertz CT molecular complexity index is 1100. The van der Waals surface area contributed by atoms with Crippen molar-refractivity contribution in [1.29, 1.82) is 0 Å². The van der Waals surface area contributed by atoms with Gasteiger partial charge in [0.2, 0.25) is 0 Å². The van der Waals surface area contributed by atoms with Gasteiger partial charge in [-0.2, -0.15) is 0 Å². The minimum Gasteiger partial charge on any atom is -0.506 e. The zero-order chi connectivity index (χ0) is 22.7. The van der Waals surface area contributed by atoms with E-state index in [9.17, 15) is 15.0 Å². The molecule has 0 saturated heterocycles. The molecule has 6 nitrogen and oxygen atoms in total. The molecule has 0 saturated carbocycles. The quantitative estimate of drug-likeness (QED) is 0.415. The number of ether oxygens (including phenoxy) is 3. The van der Waals surface area contributed by atoms with Gasteiger partial charge in [-0.15, -0.1) is 0 Å². The summed E-state index contributed by atoms with van der Waals surface area (Å²) in [6.45, 7) is 5.59. The van der Waals surface area contributed by atoms with Crippen LogP contribution in [0.4, 0.5) is 0 Å². The molecule has 0 aliphatic heterocycles. The molecule has 0 radical (unpaired) electrons. The Morgan fingerprint density at radius 2 is 1.65 bits per heavy atom. The number of halogens is 1. The second-order valence-corrected chi connectivity index (χ2v) is 7.84. The zero-order valence-electron chi connectivity index (χ0n) is 17.7. The van der Waals surface area contributed by atoms with Gasteiger partial charge in [-0.05, 0) is 53.4 Å². The van der Waals surface area contributed by atoms with Crippen LogP contribution in [-0.2, 0) is 6.61 Å². The van der Waals surface area contributed by atoms with E-state index in [1.807, 2.05) is 37.3 Å². The van der Waals surface area contributed by atoms with Crippen molar-refractivity contribution in [3.63, 3.8) is 0 Å². The first-order valence-corrected chi connectivity index (χ1v) is 10.3. The fraction of sp³-hybridized carbons (Fsp3) is 0.208. The summed E-state index contributed by atoms with van der Waals surface area (Å²) in [6.07, 6.45) is 0. The molecule has 0 aromatic heterocycles. The van der Waals surface area contributed by atoms with Gasteiger partial charge in [-0.3, -0.25) is 0 Å². The van der Waals surface area contributed by atoms with Gasteiger partial charge in [0, 0.05) is 17.7 Å². The molecule has 0 bridgehead atoms. The van der Waals surface area contributed by atoms with E-state index >= 15 is 0 Å². The highest BCUT2D eigenvalue weighted by atomic mass is 79.9. The predicted molar refractivity (Wildman–Crippen MR) is 121 cm³/mol. The van der Waals surface area contributed by atoms with Gasteiger partial charge in [0.15, 0.2) is 0 Å². The van der Waals surface area contributed by atoms with E-state index in [0.29, 0.717) is 40.7 Å². The first-order chi connectivity index (χ1) is 14.7. The highest BCUT2D eigenvalue weighted by molar-refractivity contribution is 9.10. The molecule has 0 fully saturated rings. The van der Waals surface area contributed by atoms with E-state index in [4.69, 9.17) is 14.2 Å². The molecule has 3 aromatic rings. The molecule has 0 amide bonds. The number of carboxylic acid groups (broad SMARTS) is 1. The fourth-order valence-electron chi connectivity index (χ4n) is 3.19. The third-order valence-corrected chi connectivity index (χ3v) is 5.84. The van der Waals surface area contributed by atoms with E-state index in [-0.39, 0.29) is 15.8 Å². The number of carboxylic acids is 1. The maximum Gasteiger partial charge on any atom is 0.339 e. The van der Waals surface area contributed by atoms with Gasteiger partial charge >= 0.3 is 5.97 Å². The van der Waals surface area contributed by atoms with Crippen LogP contribution in [-0.4, -0.2) is 23.3 Å². The Morgan fingerprint density at radius 1 is 1.00 bits per heavy atom. The second-order valence-electron chi connectivity index (χ2n) is 7.05. The number of carbonyl (C=O) groups is 1. The highest BCUT2D eigenvalue weighted by Gasteiger charge is 2.24. The SMILES string of the molecule is COc1cc(OCc2ccccc2)cc(Oc2c(C)c(C)c(C(=O)O)c(O)c2Br)c1C. The third-order valence-electron chi connectivity index (χ3n) is 5.10. The number of methoxy groups -OCH3 is 1. The molecule has 0 atom stereocenters. The van der Waals surface area contributed by atoms with Crippen molar-refractivity contribution in [2.45, 2.75) is 27.4 Å². The number of aromatic carboxylic acids is 1. The summed E-state index contributed by atoms with van der Waals surface area (Å²) in [6, 6.07) is 13.3. The summed E-state index contributed by atoms with van der Waals surface area (Å²) in [4.78, 5) is 11.5. The van der Waals surface area contributed by atoms with Crippen LogP contribution in [0.3, 0.4) is 0 Å². The highest BCUT2D eigenvalue weighted by Crippen LogP contribution is 2.45. The molecule has 162 valence electrons. The van der Waals surface area contributed by atoms with Crippen molar-refractivity contribution < 1.29 is 29.2 Å². The minimum absolute atomic E-state index is 0.161. The Labute approximate surface area is 189 Å². The van der Waals surface area contributed by atoms with Crippen LogP contribution in [0, 0.1) is 20.8 Å². The summed E-state index contributed by atoms with van der Waals surface area (Å²) in [7, 11) is 1.56. The fourth-order valence-corrected chi connectivity index (χ4v) is 3.77. The standard InChI is InChI=1S/C24H23BrO6/c1-13-14(2)23(21(25)22(26)20(13)24(27)28)31-19-11-17(10-18(29-4)15(19)3)30-12-16-8-6-5-7-9-16/h5-11,26H,12H2,1-4H3,(H,27,28). The number of benzene rings is 3. The lowest BCUT2D eigenvalue weighted by molar-refractivity contribution is 0.0692. The van der Waals surface area contributed by atoms with Crippen molar-refractivity contribution in [2.75, 3.05) is 7.11 Å². The Hall–Kier alpha value is -3.19. The van der Waals surface area contributed by atoms with Crippen LogP contribution in [0.5, 0.6) is 28.7 Å². The molecule has 7 heteroatoms. The van der Waals surface area contributed by atoms with Gasteiger partial charge in [0.25, 0.3) is 0 Å². The molecule has 3 rings (SSSR count). The molecule has 0 aliphatic rings. The molecule has 0 spiro atoms. The van der Waals surface area contributed by atoms with Crippen molar-refractivity contribution in [3.05, 3.63) is 74.8 Å². The topological polar surface area (TPSA) is 85.2 Å². The monoisotopic (exact) mass is 486 g/mol. The Morgan fingerprint density at radius 3 is 2.26 bits per heavy atom. The van der Waals surface area contributed by atoms with Crippen LogP contribution in [0.25, 0.3) is 0 Å². The van der Waals surface area contributed by atoms with Gasteiger partial charge in [-0.1, -0.05) is 30.3 Å². The molecule has 0 aliphatic carbocycles. The van der Waals surface area contributed by atoms with Gasteiger partial charge in [0.05, 0.1) is 7.11 Å². The number of phenols is 1. The molecular formula is C24H23BrO6. The summed E-state index contributed by atoms with van der Waals surface area (Å²) in [5, 5.41) is 19.8. The summed E-state index contributed by atoms with van der Waals surface area (Å²) >= 11 is 3.28. The molecule has 0 unspecified atom stereocenters. The van der Waals surface area contributed by atoms with E-state index in [0.717, 1.165) is 11.1 Å². The first-order valence-electron chi connectivity index (χ1n) is 9.52. The van der Waals surface area contributed by atoms with E-state index < -0.39 is 5.97 Å². The summed E-state index contributed by atoms with van der Waals surface area (Å²) in [5.74, 6) is 0.334. The summed E-state index contributed by atoms with van der Waals surface area (Å²) in [5.41, 5.74) is 2.61. The average molecular weight is 487 g/mol. The summed E-state index contributed by atoms with van der Waals surface area (Å²) < 4.78 is 17.7. The molecular weight excluding hydrogens is 464 g/mol. The lowest BCUT2D eigenvalue weighted by Gasteiger charge is -2.19. The predicted octanol–water partition coefficient (Wildman–Crippen LogP) is 6.16. The molecule has 0 heterocycles. The first kappa shape index (κ1) is 22.5. The molecule has 2 N–H and O–H groups in total. The van der Waals surface area contributed by atoms with Crippen molar-refractivity contribution in [3.8, 4) is 28.7 Å². The lowest BCUT2D eigenvalue weighted by Crippen LogP contribution is -2.05. The van der Waals surface area contributed by atoms with Crippen molar-refractivity contribution in [1.82, 2.24) is 0 Å². The maximum atomic E-state index is 11.5. The van der Waals surface area contributed by atoms with Crippen LogP contribution >= 0.6 is 15.9 Å². The lowest BCUT2D eigenvalue weighted by atomic mass is 10.0. The van der Waals surface area contributed by atoms with Crippen LogP contribution in [0.2, 0.25) is 0 Å². The zero-order valence-corrected chi connectivity index (χ0v) is 19.2. The van der Waals surface area contributed by atoms with E-state index in [1.165, 1.54) is 0 Å². The second kappa shape index (κ2) is 9.31. The minimum atomic E-state index is -1.21. The number of hydrogen-bond acceptors (Lipinski definition) is 5.